The number of terminal acetylenes is 1. The Labute approximate surface area is 101 Å². The van der Waals surface area contributed by atoms with Crippen LogP contribution in [0.25, 0.3) is 11.0 Å². The van der Waals surface area contributed by atoms with E-state index in [1.165, 1.54) is 0 Å². The molecular weight excluding hydrogens is 214 g/mol. The zero-order valence-electron chi connectivity index (χ0n) is 10.2. The normalized spacial score (nSPS) is 9.24. The lowest BCUT2D eigenvalue weighted by atomic mass is 10.3. The van der Waals surface area contributed by atoms with E-state index in [9.17, 15) is 4.79 Å². The Bertz CT molecular complexity index is 507. The fraction of sp³-hybridized carbons (Fsp3) is 0.308. The molecule has 17 heavy (non-hydrogen) atoms. The van der Waals surface area contributed by atoms with Crippen molar-refractivity contribution in [1.29, 1.82) is 0 Å². The molecule has 2 aromatic rings. The number of H-pyrrole nitrogens is 2. The molecule has 0 aliphatic carbocycles. The quantitative estimate of drug-likeness (QED) is 0.611. The number of hydrogen-bond acceptors (Lipinski definition) is 2. The molecule has 90 valence electrons. The van der Waals surface area contributed by atoms with E-state index in [0.29, 0.717) is 0 Å². The smallest absolute Gasteiger partial charge is 0.323 e. The van der Waals surface area contributed by atoms with E-state index in [1.807, 2.05) is 43.0 Å². The molecule has 0 saturated carbocycles. The molecular formula is C13H17N3O. The van der Waals surface area contributed by atoms with Crippen molar-refractivity contribution in [2.24, 2.45) is 0 Å². The molecule has 0 bridgehead atoms. The van der Waals surface area contributed by atoms with E-state index in [2.05, 4.69) is 16.0 Å². The van der Waals surface area contributed by atoms with Gasteiger partial charge in [-0.1, -0.05) is 18.6 Å². The van der Waals surface area contributed by atoms with Crippen LogP contribution in [-0.2, 0) is 0 Å². The average Bonchev–Trinajstić information content (AvgIpc) is 2.72. The molecule has 0 atom stereocenters. The lowest BCUT2D eigenvalue weighted by molar-refractivity contribution is 0.445. The number of rotatable bonds is 2. The predicted molar refractivity (Wildman–Crippen MR) is 70.7 cm³/mol. The van der Waals surface area contributed by atoms with Gasteiger partial charge in [-0.15, -0.1) is 0 Å². The summed E-state index contributed by atoms with van der Waals surface area (Å²) >= 11 is 0. The summed E-state index contributed by atoms with van der Waals surface area (Å²) in [5.41, 5.74) is 1.56. The third kappa shape index (κ3) is 3.72. The maximum atomic E-state index is 10.7. The van der Waals surface area contributed by atoms with Gasteiger partial charge in [-0.25, -0.2) is 4.79 Å². The van der Waals surface area contributed by atoms with Gasteiger partial charge in [0.1, 0.15) is 0 Å². The summed E-state index contributed by atoms with van der Waals surface area (Å²) in [5.74, 6) is 0. The van der Waals surface area contributed by atoms with E-state index in [4.69, 9.17) is 6.42 Å². The number of aromatic amines is 2. The molecule has 4 heteroatoms. The van der Waals surface area contributed by atoms with Crippen LogP contribution in [0.2, 0.25) is 0 Å². The third-order valence-corrected chi connectivity index (χ3v) is 2.37. The van der Waals surface area contributed by atoms with E-state index in [1.54, 1.807) is 0 Å². The van der Waals surface area contributed by atoms with Crippen LogP contribution in [0.3, 0.4) is 0 Å². The Balaban J connectivity index is 0.000000185. The summed E-state index contributed by atoms with van der Waals surface area (Å²) in [5, 5.41) is 0. The zero-order chi connectivity index (χ0) is 12.7. The highest BCUT2D eigenvalue weighted by molar-refractivity contribution is 5.73. The number of benzene rings is 1. The first-order valence-electron chi connectivity index (χ1n) is 5.59. The number of para-hydroxylation sites is 2. The van der Waals surface area contributed by atoms with Gasteiger partial charge >= 0.3 is 5.69 Å². The average molecular weight is 231 g/mol. The summed E-state index contributed by atoms with van der Waals surface area (Å²) in [7, 11) is 0. The molecule has 0 saturated heterocycles. The number of nitrogens with zero attached hydrogens (tertiary/aromatic N) is 1. The summed E-state index contributed by atoms with van der Waals surface area (Å²) in [4.78, 5) is 17.9. The van der Waals surface area contributed by atoms with Gasteiger partial charge in [0, 0.05) is 19.1 Å². The van der Waals surface area contributed by atoms with Gasteiger partial charge in [-0.3, -0.25) is 0 Å². The van der Waals surface area contributed by atoms with Crippen molar-refractivity contribution in [2.75, 3.05) is 13.1 Å². The van der Waals surface area contributed by atoms with Gasteiger partial charge in [0.05, 0.1) is 11.0 Å². The molecule has 0 aliphatic heterocycles. The Morgan fingerprint density at radius 2 is 1.65 bits per heavy atom. The number of nitrogens with one attached hydrogen (secondary N) is 2. The van der Waals surface area contributed by atoms with Crippen molar-refractivity contribution < 1.29 is 0 Å². The first kappa shape index (κ1) is 12.9. The summed E-state index contributed by atoms with van der Waals surface area (Å²) in [6.45, 7) is 5.99. The minimum atomic E-state index is -0.152. The monoisotopic (exact) mass is 231 g/mol. The fourth-order valence-corrected chi connectivity index (χ4v) is 1.38. The van der Waals surface area contributed by atoms with Crippen LogP contribution in [0.5, 0.6) is 0 Å². The molecule has 0 amide bonds. The zero-order valence-corrected chi connectivity index (χ0v) is 10.2. The SMILES string of the molecule is C#CN(CC)CC.O=c1[nH]c2ccccc2[nH]1. The largest absolute Gasteiger partial charge is 0.333 e. The van der Waals surface area contributed by atoms with Crippen LogP contribution < -0.4 is 5.69 Å². The Morgan fingerprint density at radius 3 is 1.94 bits per heavy atom. The standard InChI is InChI=1S/C7H6N2O.C6H11N/c10-7-8-5-3-1-2-4-6(5)9-7;1-4-7(5-2)6-3/h1-4H,(H2,8,9,10);1H,5-6H2,2-3H3. The number of hydrogen-bond donors (Lipinski definition) is 2. The van der Waals surface area contributed by atoms with E-state index in [0.717, 1.165) is 24.1 Å². The summed E-state index contributed by atoms with van der Waals surface area (Å²) < 4.78 is 0. The van der Waals surface area contributed by atoms with Crippen molar-refractivity contribution in [3.63, 3.8) is 0 Å². The van der Waals surface area contributed by atoms with E-state index in [-0.39, 0.29) is 5.69 Å². The Hall–Kier alpha value is -2.15. The maximum Gasteiger partial charge on any atom is 0.323 e. The first-order chi connectivity index (χ1) is 8.21. The van der Waals surface area contributed by atoms with Gasteiger partial charge < -0.3 is 14.9 Å². The number of aromatic nitrogens is 2. The van der Waals surface area contributed by atoms with Crippen molar-refractivity contribution in [3.8, 4) is 12.5 Å². The second-order valence-corrected chi connectivity index (χ2v) is 3.43. The van der Waals surface area contributed by atoms with Gasteiger partial charge in [0.15, 0.2) is 0 Å². The molecule has 2 rings (SSSR count). The third-order valence-electron chi connectivity index (χ3n) is 2.37. The highest BCUT2D eigenvalue weighted by Gasteiger charge is 1.92. The van der Waals surface area contributed by atoms with Crippen LogP contribution in [0, 0.1) is 12.5 Å². The molecule has 1 aromatic carbocycles. The summed E-state index contributed by atoms with van der Waals surface area (Å²) in [6.07, 6.45) is 5.07. The molecule has 4 nitrogen and oxygen atoms in total. The first-order valence-corrected chi connectivity index (χ1v) is 5.59. The van der Waals surface area contributed by atoms with Crippen LogP contribution in [0.1, 0.15) is 13.8 Å². The van der Waals surface area contributed by atoms with Gasteiger partial charge in [0.2, 0.25) is 0 Å². The molecule has 1 heterocycles. The maximum absolute atomic E-state index is 10.7. The van der Waals surface area contributed by atoms with Crippen LogP contribution in [0.4, 0.5) is 0 Å². The second-order valence-electron chi connectivity index (χ2n) is 3.43. The lowest BCUT2D eigenvalue weighted by Crippen LogP contribution is -2.15. The van der Waals surface area contributed by atoms with Crippen molar-refractivity contribution in [1.82, 2.24) is 14.9 Å². The van der Waals surface area contributed by atoms with E-state index < -0.39 is 0 Å². The molecule has 0 spiro atoms. The Morgan fingerprint density at radius 1 is 1.18 bits per heavy atom. The number of imidazole rings is 1. The highest BCUT2D eigenvalue weighted by atomic mass is 16.1. The Kier molecular flexibility index (Phi) is 4.89. The van der Waals surface area contributed by atoms with Crippen LogP contribution >= 0.6 is 0 Å². The van der Waals surface area contributed by atoms with E-state index >= 15 is 0 Å². The fourth-order valence-electron chi connectivity index (χ4n) is 1.38. The second kappa shape index (κ2) is 6.44. The van der Waals surface area contributed by atoms with Gasteiger partial charge in [0.25, 0.3) is 0 Å². The highest BCUT2D eigenvalue weighted by Crippen LogP contribution is 2.03. The van der Waals surface area contributed by atoms with Crippen molar-refractivity contribution in [2.45, 2.75) is 13.8 Å². The predicted octanol–water partition coefficient (Wildman–Crippen LogP) is 1.78. The molecule has 0 radical (unpaired) electrons. The van der Waals surface area contributed by atoms with Crippen molar-refractivity contribution in [3.05, 3.63) is 34.7 Å². The minimum Gasteiger partial charge on any atom is -0.333 e. The van der Waals surface area contributed by atoms with Gasteiger partial charge in [-0.05, 0) is 26.0 Å². The molecule has 0 aliphatic rings. The molecule has 2 N–H and O–H groups in total. The van der Waals surface area contributed by atoms with Crippen LogP contribution in [0.15, 0.2) is 29.1 Å². The van der Waals surface area contributed by atoms with Crippen LogP contribution in [-0.4, -0.2) is 28.0 Å². The lowest BCUT2D eigenvalue weighted by Gasteiger charge is -2.09. The summed E-state index contributed by atoms with van der Waals surface area (Å²) in [6, 6.07) is 10.0. The van der Waals surface area contributed by atoms with Crippen molar-refractivity contribution >= 4 is 11.0 Å². The molecule has 0 fully saturated rings. The molecule has 1 aromatic heterocycles. The molecule has 0 unspecified atom stereocenters. The van der Waals surface area contributed by atoms with Gasteiger partial charge in [-0.2, -0.15) is 0 Å². The topological polar surface area (TPSA) is 51.9 Å². The minimum absolute atomic E-state index is 0.152. The number of fused-ring (bicyclic) bond motifs is 1.